The van der Waals surface area contributed by atoms with Crippen molar-refractivity contribution in [1.82, 2.24) is 0 Å². The van der Waals surface area contributed by atoms with Crippen molar-refractivity contribution in [2.45, 2.75) is 80.3 Å². The molecule has 2 atom stereocenters. The van der Waals surface area contributed by atoms with Crippen molar-refractivity contribution in [2.75, 3.05) is 0 Å². The van der Waals surface area contributed by atoms with E-state index >= 15 is 0 Å². The smallest absolute Gasteiger partial charge is 0.302 e. The van der Waals surface area contributed by atoms with E-state index in [4.69, 9.17) is 14.3 Å². The summed E-state index contributed by atoms with van der Waals surface area (Å²) in [6, 6.07) is 0. The van der Waals surface area contributed by atoms with Crippen LogP contribution in [0, 0.1) is 5.41 Å². The molecule has 0 aliphatic carbocycles. The summed E-state index contributed by atoms with van der Waals surface area (Å²) >= 11 is 0. The van der Waals surface area contributed by atoms with Gasteiger partial charge in [-0.25, -0.2) is 9.13 Å². The van der Waals surface area contributed by atoms with Gasteiger partial charge in [-0.15, -0.1) is 0 Å². The highest BCUT2D eigenvalue weighted by molar-refractivity contribution is 7.60. The third-order valence-electron chi connectivity index (χ3n) is 3.87. The Bertz CT molecular complexity index is 677. The van der Waals surface area contributed by atoms with Crippen LogP contribution in [0.1, 0.15) is 74.1 Å². The average molecular weight is 438 g/mol. The van der Waals surface area contributed by atoms with Crippen LogP contribution in [0.3, 0.4) is 0 Å². The molecule has 0 amide bonds. The predicted octanol–water partition coefficient (Wildman–Crippen LogP) is 6.05. The lowest BCUT2D eigenvalue weighted by Gasteiger charge is -2.29. The molecule has 0 radical (unpaired) electrons. The third kappa shape index (κ3) is 14.5. The summed E-state index contributed by atoms with van der Waals surface area (Å²) in [5, 5.41) is 0. The Kier molecular flexibility index (Phi) is 11.4. The Morgan fingerprint density at radius 2 is 1.43 bits per heavy atom. The van der Waals surface area contributed by atoms with Crippen LogP contribution in [0.2, 0.25) is 0 Å². The number of hydrogen-bond donors (Lipinski definition) is 3. The molecular weight excluding hydrogens is 402 g/mol. The minimum atomic E-state index is -5.15. The summed E-state index contributed by atoms with van der Waals surface area (Å²) in [6.07, 6.45) is 8.84. The summed E-state index contributed by atoms with van der Waals surface area (Å²) in [7, 11) is -10.1. The molecule has 0 bridgehead atoms. The molecule has 0 saturated heterocycles. The monoisotopic (exact) mass is 438 g/mol. The van der Waals surface area contributed by atoms with Crippen LogP contribution in [0.5, 0.6) is 0 Å². The quantitative estimate of drug-likeness (QED) is 0.266. The van der Waals surface area contributed by atoms with Crippen LogP contribution in [-0.4, -0.2) is 20.8 Å². The molecule has 7 nitrogen and oxygen atoms in total. The van der Waals surface area contributed by atoms with Crippen molar-refractivity contribution in [1.29, 1.82) is 0 Å². The van der Waals surface area contributed by atoms with Crippen LogP contribution in [0.15, 0.2) is 34.9 Å². The van der Waals surface area contributed by atoms with Gasteiger partial charge in [0.1, 0.15) is 0 Å². The molecule has 0 aromatic rings. The largest absolute Gasteiger partial charge is 0.481 e. The molecule has 0 heterocycles. The van der Waals surface area contributed by atoms with E-state index in [-0.39, 0.29) is 0 Å². The maximum Gasteiger partial charge on any atom is 0.481 e. The molecular formula is C19H36O7P2. The van der Waals surface area contributed by atoms with Crippen LogP contribution >= 0.6 is 15.6 Å². The van der Waals surface area contributed by atoms with Crippen molar-refractivity contribution >= 4 is 15.6 Å². The highest BCUT2D eigenvalue weighted by atomic mass is 31.3. The van der Waals surface area contributed by atoms with Gasteiger partial charge in [0.15, 0.2) is 0 Å². The van der Waals surface area contributed by atoms with Crippen LogP contribution in [0.25, 0.3) is 0 Å². The van der Waals surface area contributed by atoms with Crippen molar-refractivity contribution in [3.63, 3.8) is 0 Å². The second kappa shape index (κ2) is 11.6. The van der Waals surface area contributed by atoms with Gasteiger partial charge in [0.2, 0.25) is 0 Å². The minimum Gasteiger partial charge on any atom is -0.302 e. The molecule has 164 valence electrons. The Hall–Kier alpha value is -0.520. The third-order valence-corrected chi connectivity index (χ3v) is 6.04. The van der Waals surface area contributed by atoms with E-state index in [9.17, 15) is 14.0 Å². The van der Waals surface area contributed by atoms with Gasteiger partial charge in [-0.1, -0.05) is 55.7 Å². The molecule has 0 spiro atoms. The topological polar surface area (TPSA) is 113 Å². The van der Waals surface area contributed by atoms with Gasteiger partial charge in [-0.2, -0.15) is 4.31 Å². The number of rotatable bonds is 11. The van der Waals surface area contributed by atoms with Crippen LogP contribution in [-0.2, 0) is 18.0 Å². The molecule has 0 aromatic carbocycles. The van der Waals surface area contributed by atoms with E-state index in [0.29, 0.717) is 0 Å². The first-order valence-corrected chi connectivity index (χ1v) is 12.3. The Balaban J connectivity index is 4.99. The molecule has 0 rings (SSSR count). The normalized spacial score (nSPS) is 17.2. The second-order valence-corrected chi connectivity index (χ2v) is 11.1. The van der Waals surface area contributed by atoms with Gasteiger partial charge in [0.25, 0.3) is 0 Å². The highest BCUT2D eigenvalue weighted by Crippen LogP contribution is 2.59. The number of hydrogen-bond acceptors (Lipinski definition) is 4. The van der Waals surface area contributed by atoms with Gasteiger partial charge in [-0.05, 0) is 58.8 Å². The molecule has 0 aromatic heterocycles. The summed E-state index contributed by atoms with van der Waals surface area (Å²) in [5.74, 6) is 0. The maximum absolute atomic E-state index is 11.9. The van der Waals surface area contributed by atoms with Gasteiger partial charge in [-0.3, -0.25) is 4.52 Å². The summed E-state index contributed by atoms with van der Waals surface area (Å²) in [6.45, 7) is 13.5. The molecule has 0 aliphatic rings. The fourth-order valence-electron chi connectivity index (χ4n) is 2.31. The highest BCUT2D eigenvalue weighted by Gasteiger charge is 2.38. The summed E-state index contributed by atoms with van der Waals surface area (Å²) < 4.78 is 31.7. The zero-order valence-corrected chi connectivity index (χ0v) is 19.8. The standard InChI is InChI=1S/C19H36O7P2/c1-15(2)10-8-11-16(3)12-9-13-17(4)14-18(19(5,6)7)25-28(23,24)26-27(20,21)22/h10,12,14,18H,8-9,11,13H2,1-7H3,(H,23,24)(H2,20,21,22). The molecule has 0 fully saturated rings. The fraction of sp³-hybridized carbons (Fsp3) is 0.684. The second-order valence-electron chi connectivity index (χ2n) is 8.36. The van der Waals surface area contributed by atoms with Gasteiger partial charge < -0.3 is 14.7 Å². The predicted molar refractivity (Wildman–Crippen MR) is 113 cm³/mol. The zero-order chi connectivity index (χ0) is 22.2. The number of allylic oxidation sites excluding steroid dienone is 5. The zero-order valence-electron chi connectivity index (χ0n) is 18.0. The first-order valence-electron chi connectivity index (χ1n) is 9.26. The van der Waals surface area contributed by atoms with E-state index in [0.717, 1.165) is 31.3 Å². The maximum atomic E-state index is 11.9. The SMILES string of the molecule is CC(C)=CCCC(C)=CCCC(C)=CC(OP(=O)(O)OP(=O)(O)O)C(C)(C)C. The lowest BCUT2D eigenvalue weighted by molar-refractivity contribution is 0.0837. The average Bonchev–Trinajstić information content (AvgIpc) is 2.42. The molecule has 3 N–H and O–H groups in total. The molecule has 0 saturated carbocycles. The van der Waals surface area contributed by atoms with Crippen molar-refractivity contribution in [2.24, 2.45) is 5.41 Å². The Morgan fingerprint density at radius 1 is 0.929 bits per heavy atom. The van der Waals surface area contributed by atoms with Crippen molar-refractivity contribution in [3.8, 4) is 0 Å². The van der Waals surface area contributed by atoms with Crippen LogP contribution < -0.4 is 0 Å². The van der Waals surface area contributed by atoms with Crippen molar-refractivity contribution < 1.29 is 32.6 Å². The molecule has 2 unspecified atom stereocenters. The van der Waals surface area contributed by atoms with E-state index in [2.05, 4.69) is 37.2 Å². The van der Waals surface area contributed by atoms with E-state index in [1.165, 1.54) is 11.1 Å². The van der Waals surface area contributed by atoms with E-state index < -0.39 is 27.2 Å². The summed E-state index contributed by atoms with van der Waals surface area (Å²) in [4.78, 5) is 27.2. The van der Waals surface area contributed by atoms with Crippen molar-refractivity contribution in [3.05, 3.63) is 34.9 Å². The molecule has 9 heteroatoms. The first kappa shape index (κ1) is 27.5. The van der Waals surface area contributed by atoms with Gasteiger partial charge in [0, 0.05) is 0 Å². The van der Waals surface area contributed by atoms with Gasteiger partial charge in [0.05, 0.1) is 6.10 Å². The molecule has 28 heavy (non-hydrogen) atoms. The number of phosphoric ester groups is 1. The van der Waals surface area contributed by atoms with E-state index in [1.54, 1.807) is 26.8 Å². The number of phosphoric acid groups is 2. The van der Waals surface area contributed by atoms with Crippen LogP contribution in [0.4, 0.5) is 0 Å². The Labute approximate surface area is 169 Å². The minimum absolute atomic E-state index is 0.575. The van der Waals surface area contributed by atoms with Gasteiger partial charge >= 0.3 is 15.6 Å². The molecule has 0 aliphatic heterocycles. The fourth-order valence-corrected chi connectivity index (χ4v) is 4.21. The summed E-state index contributed by atoms with van der Waals surface area (Å²) in [5.41, 5.74) is 2.99. The first-order chi connectivity index (χ1) is 12.5. The lowest BCUT2D eigenvalue weighted by atomic mass is 9.87. The van der Waals surface area contributed by atoms with E-state index in [1.807, 2.05) is 6.92 Å². The lowest BCUT2D eigenvalue weighted by Crippen LogP contribution is -2.27. The Morgan fingerprint density at radius 3 is 1.89 bits per heavy atom.